The Kier molecular flexibility index (Phi) is 7.30. The number of rotatable bonds is 1. The third-order valence-corrected chi connectivity index (χ3v) is 8.08. The fraction of sp³-hybridized carbons (Fsp3) is 0.625. The van der Waals surface area contributed by atoms with Crippen LogP contribution in [0.3, 0.4) is 0 Å². The van der Waals surface area contributed by atoms with Gasteiger partial charge in [-0.3, -0.25) is 4.79 Å². The summed E-state index contributed by atoms with van der Waals surface area (Å²) in [5, 5.41) is 11.1. The summed E-state index contributed by atoms with van der Waals surface area (Å²) < 4.78 is 7.26. The van der Waals surface area contributed by atoms with Gasteiger partial charge in [-0.1, -0.05) is 38.1 Å². The molecule has 4 rings (SSSR count). The van der Waals surface area contributed by atoms with Gasteiger partial charge in [-0.05, 0) is 61.0 Å². The first-order chi connectivity index (χ1) is 13.7. The van der Waals surface area contributed by atoms with E-state index in [2.05, 4.69) is 39.3 Å². The van der Waals surface area contributed by atoms with Crippen LogP contribution in [0.15, 0.2) is 23.8 Å². The summed E-state index contributed by atoms with van der Waals surface area (Å²) in [4.78, 5) is 23.5. The van der Waals surface area contributed by atoms with Crippen molar-refractivity contribution in [2.75, 3.05) is 0 Å². The Morgan fingerprint density at radius 1 is 1.31 bits per heavy atom. The predicted molar refractivity (Wildman–Crippen MR) is 117 cm³/mol. The second-order valence-corrected chi connectivity index (χ2v) is 9.49. The molecule has 4 nitrogen and oxygen atoms in total. The van der Waals surface area contributed by atoms with Crippen LogP contribution in [0.1, 0.15) is 46.5 Å². The quantitative estimate of drug-likeness (QED) is 0.378. The van der Waals surface area contributed by atoms with Gasteiger partial charge >= 0.3 is 0 Å². The first-order valence-corrected chi connectivity index (χ1v) is 11.0. The van der Waals surface area contributed by atoms with E-state index in [1.165, 1.54) is 5.57 Å². The molecule has 0 spiro atoms. The van der Waals surface area contributed by atoms with Gasteiger partial charge in [0.1, 0.15) is 6.29 Å². The van der Waals surface area contributed by atoms with Gasteiger partial charge in [-0.2, -0.15) is 0 Å². The fourth-order valence-corrected chi connectivity index (χ4v) is 7.02. The number of hydrogen-bond acceptors (Lipinski definition) is 4. The summed E-state index contributed by atoms with van der Waals surface area (Å²) in [6.45, 7) is 6.62. The minimum Gasteiger partial charge on any atom is -0.393 e. The number of hydrogen-bond donors (Lipinski definition) is 2. The topological polar surface area (TPSA) is 74.6 Å². The lowest BCUT2D eigenvalue weighted by Gasteiger charge is -2.58. The molecular formula is C24H32O4S. The summed E-state index contributed by atoms with van der Waals surface area (Å²) >= 11 is 0.250. The molecule has 0 aromatic heterocycles. The second-order valence-electron chi connectivity index (χ2n) is 9.28. The Bertz CT molecular complexity index is 775. The summed E-state index contributed by atoms with van der Waals surface area (Å²) in [6, 6.07) is 0. The molecule has 0 aromatic carbocycles. The van der Waals surface area contributed by atoms with Crippen LogP contribution in [0.4, 0.5) is 0 Å². The van der Waals surface area contributed by atoms with Gasteiger partial charge in [-0.25, -0.2) is 0 Å². The van der Waals surface area contributed by atoms with Gasteiger partial charge < -0.3 is 14.5 Å². The van der Waals surface area contributed by atoms with Crippen molar-refractivity contribution in [3.8, 4) is 18.5 Å². The van der Waals surface area contributed by atoms with E-state index in [1.54, 1.807) is 12.2 Å². The number of aliphatic hydroxyl groups is 1. The Morgan fingerprint density at radius 2 is 1.93 bits per heavy atom. The van der Waals surface area contributed by atoms with E-state index < -0.39 is 6.10 Å². The SMILES string of the molecule is C#C.C#SO.C[C@@H]1CC2C3CCC4=CC(=O)C=C[C@]4(C)C3C(O)C[C@]2(C)[C@H]1C=O. The summed E-state index contributed by atoms with van der Waals surface area (Å²) in [6.07, 6.45) is 18.0. The maximum atomic E-state index is 11.8. The lowest BCUT2D eigenvalue weighted by atomic mass is 9.47. The number of carbonyl (C=O) groups excluding carboxylic acids is 2. The van der Waals surface area contributed by atoms with Crippen molar-refractivity contribution in [2.24, 2.45) is 40.4 Å². The maximum Gasteiger partial charge on any atom is 0.178 e. The van der Waals surface area contributed by atoms with Crippen molar-refractivity contribution in [2.45, 2.75) is 52.6 Å². The number of terminal acetylenes is 1. The number of aliphatic hydroxyl groups excluding tert-OH is 1. The van der Waals surface area contributed by atoms with Gasteiger partial charge in [0.05, 0.1) is 6.10 Å². The molecule has 3 saturated carbocycles. The highest BCUT2D eigenvalue weighted by molar-refractivity contribution is 7.82. The number of fused-ring (bicyclic) bond motifs is 5. The van der Waals surface area contributed by atoms with Crippen LogP contribution in [0.5, 0.6) is 0 Å². The van der Waals surface area contributed by atoms with Gasteiger partial charge in [0.15, 0.2) is 5.78 Å². The van der Waals surface area contributed by atoms with Gasteiger partial charge in [0.2, 0.25) is 0 Å². The smallest absolute Gasteiger partial charge is 0.178 e. The molecule has 0 radical (unpaired) electrons. The largest absolute Gasteiger partial charge is 0.393 e. The Labute approximate surface area is 178 Å². The first-order valence-electron chi connectivity index (χ1n) is 10.1. The Morgan fingerprint density at radius 3 is 2.52 bits per heavy atom. The van der Waals surface area contributed by atoms with Crippen LogP contribution in [0.2, 0.25) is 0 Å². The van der Waals surface area contributed by atoms with E-state index in [0.29, 0.717) is 24.2 Å². The van der Waals surface area contributed by atoms with E-state index in [-0.39, 0.29) is 39.9 Å². The van der Waals surface area contributed by atoms with Crippen molar-refractivity contribution in [1.29, 1.82) is 0 Å². The van der Waals surface area contributed by atoms with Crippen LogP contribution < -0.4 is 0 Å². The van der Waals surface area contributed by atoms with Crippen LogP contribution in [-0.2, 0) is 9.59 Å². The molecule has 0 amide bonds. The minimum absolute atomic E-state index is 0.0614. The van der Waals surface area contributed by atoms with Gasteiger partial charge in [0, 0.05) is 28.7 Å². The highest BCUT2D eigenvalue weighted by Crippen LogP contribution is 2.66. The molecule has 0 heterocycles. The van der Waals surface area contributed by atoms with E-state index in [9.17, 15) is 14.7 Å². The molecule has 0 aromatic rings. The molecular weight excluding hydrogens is 384 g/mol. The van der Waals surface area contributed by atoms with Crippen molar-refractivity contribution >= 4 is 23.5 Å². The highest BCUT2D eigenvalue weighted by atomic mass is 32.1. The van der Waals surface area contributed by atoms with E-state index in [1.807, 2.05) is 6.08 Å². The van der Waals surface area contributed by atoms with Gasteiger partial charge in [0.25, 0.3) is 0 Å². The molecule has 0 aliphatic heterocycles. The van der Waals surface area contributed by atoms with E-state index in [4.69, 9.17) is 4.55 Å². The molecule has 4 unspecified atom stereocenters. The minimum atomic E-state index is -0.407. The lowest BCUT2D eigenvalue weighted by molar-refractivity contribution is -0.131. The zero-order valence-electron chi connectivity index (χ0n) is 17.5. The van der Waals surface area contributed by atoms with Gasteiger partial charge in [-0.15, -0.1) is 12.8 Å². The van der Waals surface area contributed by atoms with Crippen LogP contribution in [-0.4, -0.2) is 27.8 Å². The zero-order chi connectivity index (χ0) is 22.0. The molecule has 0 saturated heterocycles. The summed E-state index contributed by atoms with van der Waals surface area (Å²) in [5.74, 6) is 1.64. The molecule has 0 bridgehead atoms. The first kappa shape index (κ1) is 23.6. The Hall–Kier alpha value is -1.70. The highest BCUT2D eigenvalue weighted by Gasteiger charge is 2.62. The predicted octanol–water partition coefficient (Wildman–Crippen LogP) is 4.36. The second kappa shape index (κ2) is 8.98. The van der Waals surface area contributed by atoms with Crippen molar-refractivity contribution in [3.63, 3.8) is 0 Å². The monoisotopic (exact) mass is 416 g/mol. The molecule has 3 fully saturated rings. The average Bonchev–Trinajstić information content (AvgIpc) is 2.93. The molecule has 4 aliphatic rings. The summed E-state index contributed by atoms with van der Waals surface area (Å²) in [7, 11) is 0. The van der Waals surface area contributed by atoms with Crippen molar-refractivity contribution < 1.29 is 19.2 Å². The molecule has 8 atom stereocenters. The molecule has 2 N–H and O–H groups in total. The van der Waals surface area contributed by atoms with Crippen LogP contribution in [0, 0.1) is 59.0 Å². The number of carbonyl (C=O) groups is 2. The molecule has 5 heteroatoms. The molecule has 158 valence electrons. The molecule has 4 aliphatic carbocycles. The average molecular weight is 417 g/mol. The normalized spacial score (nSPS) is 44.3. The number of aldehydes is 1. The van der Waals surface area contributed by atoms with Crippen molar-refractivity contribution in [3.05, 3.63) is 23.8 Å². The number of ketones is 1. The zero-order valence-corrected chi connectivity index (χ0v) is 18.3. The third kappa shape index (κ3) is 3.76. The van der Waals surface area contributed by atoms with E-state index >= 15 is 0 Å². The third-order valence-electron chi connectivity index (χ3n) is 8.08. The number of allylic oxidation sites excluding steroid dienone is 4. The van der Waals surface area contributed by atoms with Crippen molar-refractivity contribution in [1.82, 2.24) is 0 Å². The summed E-state index contributed by atoms with van der Waals surface area (Å²) in [5.41, 5.74) is 5.23. The maximum absolute atomic E-state index is 11.8. The van der Waals surface area contributed by atoms with E-state index in [0.717, 1.165) is 25.5 Å². The fourth-order valence-electron chi connectivity index (χ4n) is 7.02. The molecule has 29 heavy (non-hydrogen) atoms. The standard InChI is InChI=1S/C21H28O3.C2H2.CH2OS/c1-12-8-16-15-5-4-13-9-14(23)6-7-20(13,2)19(15)18(24)10-21(16,3)17(12)11-22;1-2;1-3-2/h6-7,9,11-12,15-19,24H,4-5,8,10H2,1-3H3;1-2H;1-2H/t12-,15?,16?,17+,18?,19?,20+,21+;;/m1../s1. The van der Waals surface area contributed by atoms with Crippen LogP contribution in [0.25, 0.3) is 0 Å². The lowest BCUT2D eigenvalue weighted by Crippen LogP contribution is -2.56. The Balaban J connectivity index is 0.000000551. The van der Waals surface area contributed by atoms with Crippen LogP contribution >= 0.6 is 11.5 Å².